The molecule has 3 heterocycles. The van der Waals surface area contributed by atoms with E-state index in [-0.39, 0.29) is 17.5 Å². The van der Waals surface area contributed by atoms with E-state index < -0.39 is 0 Å². The first-order chi connectivity index (χ1) is 16.0. The van der Waals surface area contributed by atoms with Crippen LogP contribution in [0.25, 0.3) is 11.5 Å². The number of aromatic amines is 1. The van der Waals surface area contributed by atoms with Gasteiger partial charge in [-0.15, -0.1) is 0 Å². The lowest BCUT2D eigenvalue weighted by Gasteiger charge is -2.19. The van der Waals surface area contributed by atoms with Crippen LogP contribution < -0.4 is 10.9 Å². The number of carbonyl (C=O) groups is 1. The lowest BCUT2D eigenvalue weighted by atomic mass is 10.0. The number of amides is 1. The molecule has 4 aromatic rings. The van der Waals surface area contributed by atoms with Crippen molar-refractivity contribution < 1.29 is 4.79 Å². The number of H-pyrrole nitrogens is 1. The van der Waals surface area contributed by atoms with Crippen LogP contribution in [0.3, 0.4) is 0 Å². The van der Waals surface area contributed by atoms with Gasteiger partial charge in [-0.1, -0.05) is 43.3 Å². The number of benzene rings is 1. The van der Waals surface area contributed by atoms with E-state index in [1.807, 2.05) is 50.2 Å². The number of nitrogens with zero attached hydrogens (tertiary/aromatic N) is 4. The standard InChI is InChI=1S/C25H26N6O2/c1-4-19-16(2)23(31(3)30-19)25(33)28-21(17-10-6-5-7-11-17)14-18-15-22(32)29-24(27-18)20-12-8-9-13-26-20/h5-13,15,21H,4,14H2,1-3H3,(H,28,33)(H,27,29,32)/t21-/m0/s1. The van der Waals surface area contributed by atoms with Crippen molar-refractivity contribution in [2.75, 3.05) is 0 Å². The number of aromatic nitrogens is 5. The van der Waals surface area contributed by atoms with Gasteiger partial charge in [0, 0.05) is 31.3 Å². The summed E-state index contributed by atoms with van der Waals surface area (Å²) in [6, 6.07) is 16.2. The van der Waals surface area contributed by atoms with E-state index in [0.29, 0.717) is 29.3 Å². The zero-order valence-corrected chi connectivity index (χ0v) is 18.9. The Kier molecular flexibility index (Phi) is 6.44. The second-order valence-corrected chi connectivity index (χ2v) is 7.84. The summed E-state index contributed by atoms with van der Waals surface area (Å²) in [7, 11) is 1.77. The Morgan fingerprint density at radius 2 is 1.91 bits per heavy atom. The number of carbonyl (C=O) groups excluding carboxylic acids is 1. The molecule has 0 bridgehead atoms. The van der Waals surface area contributed by atoms with Crippen molar-refractivity contribution in [2.45, 2.75) is 32.7 Å². The topological polar surface area (TPSA) is 106 Å². The zero-order chi connectivity index (χ0) is 23.4. The Bertz CT molecular complexity index is 1310. The van der Waals surface area contributed by atoms with Crippen molar-refractivity contribution in [3.63, 3.8) is 0 Å². The highest BCUT2D eigenvalue weighted by Gasteiger charge is 2.23. The number of nitrogens with one attached hydrogen (secondary N) is 2. The molecule has 0 saturated carbocycles. The quantitative estimate of drug-likeness (QED) is 0.457. The summed E-state index contributed by atoms with van der Waals surface area (Å²) in [6.07, 6.45) is 2.74. The van der Waals surface area contributed by atoms with E-state index in [2.05, 4.69) is 25.4 Å². The van der Waals surface area contributed by atoms with Gasteiger partial charge in [0.1, 0.15) is 11.4 Å². The van der Waals surface area contributed by atoms with Gasteiger partial charge in [0.15, 0.2) is 5.82 Å². The van der Waals surface area contributed by atoms with Gasteiger partial charge in [0.2, 0.25) is 0 Å². The van der Waals surface area contributed by atoms with Crippen molar-refractivity contribution >= 4 is 5.91 Å². The summed E-state index contributed by atoms with van der Waals surface area (Å²) in [5.74, 6) is 0.178. The lowest BCUT2D eigenvalue weighted by molar-refractivity contribution is 0.0926. The Morgan fingerprint density at radius 3 is 2.58 bits per heavy atom. The number of aryl methyl sites for hydroxylation is 2. The lowest BCUT2D eigenvalue weighted by Crippen LogP contribution is -2.32. The molecule has 0 fully saturated rings. The van der Waals surface area contributed by atoms with Crippen LogP contribution in [0, 0.1) is 6.92 Å². The Balaban J connectivity index is 1.67. The van der Waals surface area contributed by atoms with Crippen LogP contribution in [0.1, 0.15) is 46.0 Å². The molecule has 1 atom stereocenters. The normalized spacial score (nSPS) is 11.8. The number of hydrogen-bond donors (Lipinski definition) is 2. The summed E-state index contributed by atoms with van der Waals surface area (Å²) in [4.78, 5) is 37.3. The Morgan fingerprint density at radius 1 is 1.15 bits per heavy atom. The highest BCUT2D eigenvalue weighted by atomic mass is 16.2. The molecule has 0 aliphatic heterocycles. The van der Waals surface area contributed by atoms with Crippen molar-refractivity contribution in [1.29, 1.82) is 0 Å². The molecule has 0 aliphatic carbocycles. The van der Waals surface area contributed by atoms with E-state index in [9.17, 15) is 9.59 Å². The third-order valence-corrected chi connectivity index (χ3v) is 5.56. The SMILES string of the molecule is CCc1nn(C)c(C(=O)N[C@@H](Cc2cc(=O)[nH]c(-c3ccccn3)n2)c2ccccc2)c1C. The summed E-state index contributed by atoms with van der Waals surface area (Å²) in [6.45, 7) is 3.93. The Hall–Kier alpha value is -4.07. The maximum atomic E-state index is 13.3. The summed E-state index contributed by atoms with van der Waals surface area (Å²) < 4.78 is 1.62. The fraction of sp³-hybridized carbons (Fsp3) is 0.240. The molecule has 0 unspecified atom stereocenters. The molecule has 0 aliphatic rings. The number of rotatable bonds is 7. The second-order valence-electron chi connectivity index (χ2n) is 7.84. The number of pyridine rings is 1. The second kappa shape index (κ2) is 9.60. The van der Waals surface area contributed by atoms with E-state index in [0.717, 1.165) is 23.2 Å². The molecule has 0 radical (unpaired) electrons. The van der Waals surface area contributed by atoms with Crippen molar-refractivity contribution in [2.24, 2.45) is 7.05 Å². The van der Waals surface area contributed by atoms with E-state index in [1.165, 1.54) is 6.07 Å². The summed E-state index contributed by atoms with van der Waals surface area (Å²) >= 11 is 0. The van der Waals surface area contributed by atoms with Crippen LogP contribution in [0.5, 0.6) is 0 Å². The molecule has 1 amide bonds. The first-order valence-corrected chi connectivity index (χ1v) is 10.9. The zero-order valence-electron chi connectivity index (χ0n) is 18.9. The largest absolute Gasteiger partial charge is 0.344 e. The molecule has 3 aromatic heterocycles. The molecule has 1 aromatic carbocycles. The average molecular weight is 443 g/mol. The molecule has 8 nitrogen and oxygen atoms in total. The molecular weight excluding hydrogens is 416 g/mol. The van der Waals surface area contributed by atoms with Gasteiger partial charge >= 0.3 is 0 Å². The van der Waals surface area contributed by atoms with Gasteiger partial charge in [-0.2, -0.15) is 5.10 Å². The highest BCUT2D eigenvalue weighted by molar-refractivity contribution is 5.94. The van der Waals surface area contributed by atoms with E-state index >= 15 is 0 Å². The van der Waals surface area contributed by atoms with Crippen molar-refractivity contribution in [3.8, 4) is 11.5 Å². The minimum absolute atomic E-state index is 0.217. The van der Waals surface area contributed by atoms with Crippen LogP contribution >= 0.6 is 0 Å². The van der Waals surface area contributed by atoms with Gasteiger partial charge in [0.05, 0.1) is 17.4 Å². The fourth-order valence-electron chi connectivity index (χ4n) is 3.95. The van der Waals surface area contributed by atoms with Crippen LogP contribution in [0.2, 0.25) is 0 Å². The molecule has 2 N–H and O–H groups in total. The molecule has 8 heteroatoms. The van der Waals surface area contributed by atoms with Crippen molar-refractivity contribution in [3.05, 3.63) is 99.4 Å². The monoisotopic (exact) mass is 442 g/mol. The predicted octanol–water partition coefficient (Wildman–Crippen LogP) is 3.15. The molecule has 0 spiro atoms. The third kappa shape index (κ3) is 4.90. The minimum atomic E-state index is -0.385. The van der Waals surface area contributed by atoms with Gasteiger partial charge < -0.3 is 10.3 Å². The first-order valence-electron chi connectivity index (χ1n) is 10.9. The van der Waals surface area contributed by atoms with Gasteiger partial charge in [-0.25, -0.2) is 4.98 Å². The van der Waals surface area contributed by atoms with Crippen molar-refractivity contribution in [1.82, 2.24) is 30.0 Å². The first kappa shape index (κ1) is 22.1. The highest BCUT2D eigenvalue weighted by Crippen LogP contribution is 2.20. The van der Waals surface area contributed by atoms with Crippen LogP contribution in [-0.4, -0.2) is 30.6 Å². The molecule has 168 valence electrons. The maximum Gasteiger partial charge on any atom is 0.270 e. The summed E-state index contributed by atoms with van der Waals surface area (Å²) in [5, 5.41) is 7.59. The third-order valence-electron chi connectivity index (χ3n) is 5.56. The van der Waals surface area contributed by atoms with Crippen LogP contribution in [-0.2, 0) is 19.9 Å². The van der Waals surface area contributed by atoms with Gasteiger partial charge in [-0.3, -0.25) is 19.3 Å². The Labute approximate surface area is 191 Å². The smallest absolute Gasteiger partial charge is 0.270 e. The molecular formula is C25H26N6O2. The summed E-state index contributed by atoms with van der Waals surface area (Å²) in [5.41, 5.74) is 4.09. The molecule has 33 heavy (non-hydrogen) atoms. The van der Waals surface area contributed by atoms with Gasteiger partial charge in [0.25, 0.3) is 11.5 Å². The van der Waals surface area contributed by atoms with Gasteiger partial charge in [-0.05, 0) is 31.0 Å². The molecule has 0 saturated heterocycles. The van der Waals surface area contributed by atoms with Crippen LogP contribution in [0.15, 0.2) is 65.6 Å². The van der Waals surface area contributed by atoms with Crippen LogP contribution in [0.4, 0.5) is 0 Å². The fourth-order valence-corrected chi connectivity index (χ4v) is 3.95. The average Bonchev–Trinajstić information content (AvgIpc) is 3.12. The number of hydrogen-bond acceptors (Lipinski definition) is 5. The minimum Gasteiger partial charge on any atom is -0.344 e. The maximum absolute atomic E-state index is 13.3. The van der Waals surface area contributed by atoms with E-state index in [1.54, 1.807) is 30.1 Å². The molecule has 4 rings (SSSR count). The predicted molar refractivity (Wildman–Crippen MR) is 126 cm³/mol. The van der Waals surface area contributed by atoms with E-state index in [4.69, 9.17) is 0 Å².